The maximum Gasteiger partial charge on any atom is 0.203 e. The molecule has 1 aromatic heterocycles. The minimum Gasteiger partial charge on any atom is -0.384 e. The fourth-order valence-corrected chi connectivity index (χ4v) is 7.27. The molecule has 1 atom stereocenters. The van der Waals surface area contributed by atoms with Gasteiger partial charge in [-0.3, -0.25) is 4.03 Å². The topological polar surface area (TPSA) is 88.6 Å². The van der Waals surface area contributed by atoms with Gasteiger partial charge in [-0.05, 0) is 32.0 Å². The third-order valence-electron chi connectivity index (χ3n) is 3.56. The molecule has 116 valence electrons. The van der Waals surface area contributed by atoms with Gasteiger partial charge >= 0.3 is 0 Å². The SMILES string of the molecule is CC(C)(O)c1csc(S(N)(=O)=N[Si](C)(C)C(C)(C)C)n1. The second kappa shape index (κ2) is 5.17. The number of hydrogen-bond acceptors (Lipinski definition) is 5. The van der Waals surface area contributed by atoms with Crippen LogP contribution < -0.4 is 5.14 Å². The van der Waals surface area contributed by atoms with E-state index in [4.69, 9.17) is 5.14 Å². The van der Waals surface area contributed by atoms with Gasteiger partial charge in [-0.15, -0.1) is 11.3 Å². The van der Waals surface area contributed by atoms with E-state index in [1.54, 1.807) is 19.2 Å². The summed E-state index contributed by atoms with van der Waals surface area (Å²) in [5.74, 6) is 0. The molecule has 0 radical (unpaired) electrons. The van der Waals surface area contributed by atoms with Gasteiger partial charge < -0.3 is 5.11 Å². The molecule has 0 amide bonds. The van der Waals surface area contributed by atoms with Crippen LogP contribution in [0.1, 0.15) is 40.3 Å². The Labute approximate surface area is 127 Å². The first-order valence-electron chi connectivity index (χ1n) is 6.41. The molecule has 1 aromatic rings. The Morgan fingerprint density at radius 3 is 2.20 bits per heavy atom. The molecular formula is C12H25N3O2S2Si. The van der Waals surface area contributed by atoms with E-state index in [0.717, 1.165) is 0 Å². The monoisotopic (exact) mass is 335 g/mol. The molecule has 1 unspecified atom stereocenters. The Hall–Kier alpha value is -0.283. The Balaban J connectivity index is 3.31. The van der Waals surface area contributed by atoms with Crippen molar-refractivity contribution in [1.82, 2.24) is 4.98 Å². The van der Waals surface area contributed by atoms with Crippen LogP contribution >= 0.6 is 11.3 Å². The quantitative estimate of drug-likeness (QED) is 0.832. The molecule has 1 heterocycles. The van der Waals surface area contributed by atoms with Gasteiger partial charge in [0.05, 0.1) is 5.69 Å². The van der Waals surface area contributed by atoms with Gasteiger partial charge in [-0.2, -0.15) is 0 Å². The van der Waals surface area contributed by atoms with E-state index in [9.17, 15) is 9.32 Å². The van der Waals surface area contributed by atoms with Crippen LogP contribution in [0.3, 0.4) is 0 Å². The molecule has 0 aromatic carbocycles. The van der Waals surface area contributed by atoms with E-state index in [1.807, 2.05) is 13.1 Å². The molecule has 20 heavy (non-hydrogen) atoms. The van der Waals surface area contributed by atoms with Crippen LogP contribution in [0.4, 0.5) is 0 Å². The zero-order valence-corrected chi connectivity index (χ0v) is 15.9. The van der Waals surface area contributed by atoms with Crippen LogP contribution in [0.2, 0.25) is 18.1 Å². The smallest absolute Gasteiger partial charge is 0.203 e. The van der Waals surface area contributed by atoms with E-state index >= 15 is 0 Å². The highest BCUT2D eigenvalue weighted by Gasteiger charge is 2.38. The summed E-state index contributed by atoms with van der Waals surface area (Å²) in [4.78, 5) is 4.22. The van der Waals surface area contributed by atoms with Gasteiger partial charge in [-0.1, -0.05) is 20.8 Å². The minimum absolute atomic E-state index is 0.0363. The van der Waals surface area contributed by atoms with Crippen LogP contribution in [-0.4, -0.2) is 22.5 Å². The van der Waals surface area contributed by atoms with Crippen LogP contribution in [0.25, 0.3) is 0 Å². The first-order chi connectivity index (χ1) is 8.67. The lowest BCUT2D eigenvalue weighted by Crippen LogP contribution is -2.37. The summed E-state index contributed by atoms with van der Waals surface area (Å²) in [5.41, 5.74) is -0.595. The van der Waals surface area contributed by atoms with E-state index in [2.05, 4.69) is 29.8 Å². The summed E-state index contributed by atoms with van der Waals surface area (Å²) in [6.07, 6.45) is 0. The molecule has 0 aliphatic heterocycles. The number of aliphatic hydroxyl groups is 1. The van der Waals surface area contributed by atoms with Crippen LogP contribution in [0.15, 0.2) is 13.7 Å². The summed E-state index contributed by atoms with van der Waals surface area (Å²) in [6.45, 7) is 13.6. The Morgan fingerprint density at radius 2 is 1.85 bits per heavy atom. The molecular weight excluding hydrogens is 310 g/mol. The van der Waals surface area contributed by atoms with Gasteiger partial charge in [-0.25, -0.2) is 14.3 Å². The average molecular weight is 336 g/mol. The number of nitrogens with two attached hydrogens (primary N) is 1. The molecule has 0 aliphatic carbocycles. The maximum atomic E-state index is 12.7. The van der Waals surface area contributed by atoms with E-state index in [-0.39, 0.29) is 5.04 Å². The molecule has 0 bridgehead atoms. The van der Waals surface area contributed by atoms with Gasteiger partial charge in [0.1, 0.15) is 5.60 Å². The molecule has 0 aliphatic rings. The number of hydrogen-bond donors (Lipinski definition) is 2. The van der Waals surface area contributed by atoms with Crippen molar-refractivity contribution in [3.63, 3.8) is 0 Å². The molecule has 1 rings (SSSR count). The fourth-order valence-electron chi connectivity index (χ4n) is 1.19. The molecule has 0 fully saturated rings. The second-order valence-corrected chi connectivity index (χ2v) is 15.0. The van der Waals surface area contributed by atoms with E-state index < -0.39 is 23.8 Å². The summed E-state index contributed by atoms with van der Waals surface area (Å²) in [7, 11) is -5.14. The lowest BCUT2D eigenvalue weighted by atomic mass is 10.1. The van der Waals surface area contributed by atoms with Gasteiger partial charge in [0, 0.05) is 5.38 Å². The van der Waals surface area contributed by atoms with Crippen molar-refractivity contribution in [3.8, 4) is 0 Å². The maximum absolute atomic E-state index is 12.7. The number of nitrogens with zero attached hydrogens (tertiary/aromatic N) is 2. The van der Waals surface area contributed by atoms with Crippen LogP contribution in [0.5, 0.6) is 0 Å². The fraction of sp³-hybridized carbons (Fsp3) is 0.750. The first kappa shape index (κ1) is 17.8. The molecule has 3 N–H and O–H groups in total. The van der Waals surface area contributed by atoms with Gasteiger partial charge in [0.15, 0.2) is 18.2 Å². The van der Waals surface area contributed by atoms with Crippen molar-refractivity contribution in [1.29, 1.82) is 0 Å². The molecule has 5 nitrogen and oxygen atoms in total. The van der Waals surface area contributed by atoms with Gasteiger partial charge in [0.25, 0.3) is 0 Å². The average Bonchev–Trinajstić information content (AvgIpc) is 2.61. The lowest BCUT2D eigenvalue weighted by molar-refractivity contribution is 0.0741. The highest BCUT2D eigenvalue weighted by Crippen LogP contribution is 2.38. The summed E-state index contributed by atoms with van der Waals surface area (Å²) < 4.78 is 17.5. The predicted octanol–water partition coefficient (Wildman–Crippen LogP) is 3.08. The second-order valence-electron chi connectivity index (χ2n) is 7.03. The van der Waals surface area contributed by atoms with Crippen molar-refractivity contribution in [2.75, 3.05) is 0 Å². The molecule has 0 saturated carbocycles. The Bertz CT molecular complexity index is 603. The van der Waals surface area contributed by atoms with Crippen molar-refractivity contribution in [3.05, 3.63) is 11.1 Å². The normalized spacial score (nSPS) is 16.9. The number of rotatable bonds is 3. The highest BCUT2D eigenvalue weighted by molar-refractivity contribution is 7.94. The summed E-state index contributed by atoms with van der Waals surface area (Å²) in [5, 5.41) is 17.5. The van der Waals surface area contributed by atoms with Crippen molar-refractivity contribution < 1.29 is 9.32 Å². The molecule has 0 saturated heterocycles. The number of thiazole rings is 1. The number of aromatic nitrogens is 1. The first-order valence-corrected chi connectivity index (χ1v) is 11.8. The molecule has 8 heteroatoms. The van der Waals surface area contributed by atoms with Crippen LogP contribution in [-0.2, 0) is 15.5 Å². The molecule has 0 spiro atoms. The van der Waals surface area contributed by atoms with Crippen molar-refractivity contribution in [2.45, 2.75) is 62.7 Å². The van der Waals surface area contributed by atoms with Gasteiger partial charge in [0.2, 0.25) is 4.34 Å². The highest BCUT2D eigenvalue weighted by atomic mass is 32.2. The predicted molar refractivity (Wildman–Crippen MR) is 87.6 cm³/mol. The minimum atomic E-state index is -3.01. The standard InChI is InChI=1S/C12H25N3O2S2Si/c1-11(2,3)20(6,7)15-19(13,17)10-14-9(8-18-10)12(4,5)16/h8,16H,1-7H3,(H2,13,15,17). The summed E-state index contributed by atoms with van der Waals surface area (Å²) in [6, 6.07) is 0. The largest absolute Gasteiger partial charge is 0.384 e. The third-order valence-corrected chi connectivity index (χ3v) is 12.4. The zero-order chi connectivity index (χ0) is 16.0. The lowest BCUT2D eigenvalue weighted by Gasteiger charge is -2.32. The Morgan fingerprint density at radius 1 is 1.35 bits per heavy atom. The Kier molecular flexibility index (Phi) is 4.59. The zero-order valence-electron chi connectivity index (χ0n) is 13.2. The van der Waals surface area contributed by atoms with Crippen molar-refractivity contribution >= 4 is 29.5 Å². The summed E-state index contributed by atoms with van der Waals surface area (Å²) >= 11 is 1.19. The van der Waals surface area contributed by atoms with E-state index in [0.29, 0.717) is 10.0 Å². The van der Waals surface area contributed by atoms with Crippen molar-refractivity contribution in [2.24, 2.45) is 9.17 Å². The third kappa shape index (κ3) is 3.88. The van der Waals surface area contributed by atoms with Crippen LogP contribution in [0, 0.1) is 0 Å². The van der Waals surface area contributed by atoms with E-state index in [1.165, 1.54) is 11.3 Å².